The Hall–Kier alpha value is -1.80. The topological polar surface area (TPSA) is 75.9 Å². The van der Waals surface area contributed by atoms with E-state index in [0.717, 1.165) is 44.6 Å². The summed E-state index contributed by atoms with van der Waals surface area (Å²) in [5.41, 5.74) is -0.390. The van der Waals surface area contributed by atoms with E-state index >= 15 is 0 Å². The first-order chi connectivity index (χ1) is 13.2. The fourth-order valence-corrected chi connectivity index (χ4v) is 5.12. The van der Waals surface area contributed by atoms with Crippen LogP contribution < -0.4 is 5.32 Å². The molecule has 2 aromatic heterocycles. The van der Waals surface area contributed by atoms with Gasteiger partial charge in [-0.2, -0.15) is 0 Å². The van der Waals surface area contributed by atoms with Gasteiger partial charge in [0.15, 0.2) is 5.82 Å². The lowest BCUT2D eigenvalue weighted by Gasteiger charge is -2.42. The number of hydrogen-bond acceptors (Lipinski definition) is 6. The van der Waals surface area contributed by atoms with Crippen molar-refractivity contribution in [2.75, 3.05) is 13.1 Å². The molecule has 1 saturated heterocycles. The molecule has 2 fully saturated rings. The number of carbonyl (C=O) groups excluding carboxylic acids is 1. The maximum absolute atomic E-state index is 12.4. The molecule has 7 nitrogen and oxygen atoms in total. The van der Waals surface area contributed by atoms with Crippen molar-refractivity contribution < 1.29 is 4.79 Å². The first-order valence-corrected chi connectivity index (χ1v) is 10.9. The number of hydrogen-bond donors (Lipinski definition) is 1. The van der Waals surface area contributed by atoms with E-state index in [1.165, 1.54) is 17.7 Å². The van der Waals surface area contributed by atoms with Crippen LogP contribution in [0, 0.1) is 0 Å². The third-order valence-electron chi connectivity index (χ3n) is 5.92. The fourth-order valence-electron chi connectivity index (χ4n) is 4.47. The first kappa shape index (κ1) is 18.6. The number of thiophene rings is 1. The summed E-state index contributed by atoms with van der Waals surface area (Å²) in [7, 11) is 0. The zero-order valence-electron chi connectivity index (χ0n) is 15.9. The lowest BCUT2D eigenvalue weighted by atomic mass is 9.87. The van der Waals surface area contributed by atoms with Crippen LogP contribution in [0.2, 0.25) is 0 Å². The smallest absolute Gasteiger partial charge is 0.222 e. The molecule has 1 saturated carbocycles. The van der Waals surface area contributed by atoms with Crippen molar-refractivity contribution in [1.82, 2.24) is 30.4 Å². The minimum Gasteiger partial charge on any atom is -0.340 e. The highest BCUT2D eigenvalue weighted by atomic mass is 32.1. The Labute approximate surface area is 164 Å². The Bertz CT molecular complexity index is 754. The maximum atomic E-state index is 12.4. The molecule has 0 spiro atoms. The highest BCUT2D eigenvalue weighted by molar-refractivity contribution is 7.09. The van der Waals surface area contributed by atoms with Crippen LogP contribution in [0.15, 0.2) is 17.5 Å². The van der Waals surface area contributed by atoms with Crippen molar-refractivity contribution in [3.8, 4) is 0 Å². The summed E-state index contributed by atoms with van der Waals surface area (Å²) in [5, 5.41) is 18.8. The van der Waals surface area contributed by atoms with E-state index < -0.39 is 0 Å². The van der Waals surface area contributed by atoms with Gasteiger partial charge in [-0.3, -0.25) is 10.1 Å². The first-order valence-electron chi connectivity index (χ1n) is 10.1. The van der Waals surface area contributed by atoms with Crippen LogP contribution >= 0.6 is 11.3 Å². The second kappa shape index (κ2) is 8.06. The minimum absolute atomic E-state index is 0.205. The van der Waals surface area contributed by atoms with Gasteiger partial charge in [-0.1, -0.05) is 25.8 Å². The van der Waals surface area contributed by atoms with Crippen molar-refractivity contribution in [2.45, 2.75) is 70.0 Å². The maximum Gasteiger partial charge on any atom is 0.222 e. The molecule has 2 aliphatic rings. The summed E-state index contributed by atoms with van der Waals surface area (Å²) in [6.07, 6.45) is 7.18. The number of aromatic nitrogens is 4. The largest absolute Gasteiger partial charge is 0.340 e. The van der Waals surface area contributed by atoms with Crippen molar-refractivity contribution in [1.29, 1.82) is 0 Å². The van der Waals surface area contributed by atoms with Gasteiger partial charge in [0.1, 0.15) is 0 Å². The van der Waals surface area contributed by atoms with Gasteiger partial charge >= 0.3 is 0 Å². The average molecular weight is 389 g/mol. The molecule has 0 radical (unpaired) electrons. The van der Waals surface area contributed by atoms with Crippen molar-refractivity contribution in [2.24, 2.45) is 0 Å². The molecule has 1 aliphatic carbocycles. The number of rotatable bonds is 6. The third-order valence-corrected chi connectivity index (χ3v) is 6.80. The third kappa shape index (κ3) is 3.78. The van der Waals surface area contributed by atoms with Gasteiger partial charge in [-0.25, -0.2) is 4.68 Å². The van der Waals surface area contributed by atoms with Crippen LogP contribution in [0.3, 0.4) is 0 Å². The predicted molar refractivity (Wildman–Crippen MR) is 104 cm³/mol. The Morgan fingerprint density at radius 3 is 2.96 bits per heavy atom. The highest BCUT2D eigenvalue weighted by Crippen LogP contribution is 2.36. The van der Waals surface area contributed by atoms with Crippen LogP contribution in [-0.4, -0.2) is 44.1 Å². The number of piperidine rings is 1. The van der Waals surface area contributed by atoms with E-state index in [1.54, 1.807) is 11.3 Å². The number of nitrogens with one attached hydrogen (secondary N) is 1. The molecule has 146 valence electrons. The van der Waals surface area contributed by atoms with Gasteiger partial charge in [0.25, 0.3) is 0 Å². The molecule has 1 atom stereocenters. The number of nitrogens with zero attached hydrogens (tertiary/aromatic N) is 5. The van der Waals surface area contributed by atoms with Crippen LogP contribution in [0.5, 0.6) is 0 Å². The molecule has 1 aliphatic heterocycles. The van der Waals surface area contributed by atoms with Gasteiger partial charge in [0.2, 0.25) is 5.91 Å². The molecule has 0 bridgehead atoms. The second-order valence-electron chi connectivity index (χ2n) is 7.67. The number of carbonyl (C=O) groups is 1. The van der Waals surface area contributed by atoms with Gasteiger partial charge in [-0.05, 0) is 47.6 Å². The summed E-state index contributed by atoms with van der Waals surface area (Å²) < 4.78 is 2.05. The van der Waals surface area contributed by atoms with Gasteiger partial charge in [0.05, 0.1) is 11.6 Å². The molecule has 27 heavy (non-hydrogen) atoms. The molecule has 0 aromatic carbocycles. The van der Waals surface area contributed by atoms with Gasteiger partial charge in [0, 0.05) is 30.9 Å². The lowest BCUT2D eigenvalue weighted by Crippen LogP contribution is -2.57. The van der Waals surface area contributed by atoms with Crippen LogP contribution in [-0.2, 0) is 16.9 Å². The monoisotopic (exact) mass is 388 g/mol. The summed E-state index contributed by atoms with van der Waals surface area (Å²) >= 11 is 1.75. The molecule has 1 N–H and O–H groups in total. The van der Waals surface area contributed by atoms with E-state index in [2.05, 4.69) is 38.4 Å². The SMILES string of the molecule is CCC(=O)N1CCC[C@@](NCc2cccs2)(c2nnnn2C2CCCC2)C1. The standard InChI is InChI=1S/C19H28N6OS/c1-2-17(26)24-11-6-10-19(14-24,20-13-16-9-5-12-27-16)18-21-22-23-25(18)15-7-3-4-8-15/h5,9,12,15,20H,2-4,6-8,10-11,13-14H2,1H3/t19-/m0/s1. The fraction of sp³-hybridized carbons (Fsp3) is 0.684. The van der Waals surface area contributed by atoms with Crippen molar-refractivity contribution in [3.05, 3.63) is 28.2 Å². The number of tetrazole rings is 1. The van der Waals surface area contributed by atoms with E-state index in [9.17, 15) is 4.79 Å². The normalized spacial score (nSPS) is 23.8. The van der Waals surface area contributed by atoms with E-state index in [0.29, 0.717) is 19.0 Å². The Kier molecular flexibility index (Phi) is 5.54. The molecular formula is C19H28N6OS. The predicted octanol–water partition coefficient (Wildman–Crippen LogP) is 2.87. The van der Waals surface area contributed by atoms with E-state index in [4.69, 9.17) is 0 Å². The second-order valence-corrected chi connectivity index (χ2v) is 8.71. The molecule has 1 amide bonds. The summed E-state index contributed by atoms with van der Waals surface area (Å²) in [5.74, 6) is 1.11. The summed E-state index contributed by atoms with van der Waals surface area (Å²) in [6.45, 7) is 4.15. The van der Waals surface area contributed by atoms with Crippen LogP contribution in [0.1, 0.15) is 68.6 Å². The molecular weight excluding hydrogens is 360 g/mol. The highest BCUT2D eigenvalue weighted by Gasteiger charge is 2.43. The summed E-state index contributed by atoms with van der Waals surface area (Å²) in [4.78, 5) is 15.7. The molecule has 3 heterocycles. The number of amides is 1. The summed E-state index contributed by atoms with van der Waals surface area (Å²) in [6, 6.07) is 4.60. The average Bonchev–Trinajstić information content (AvgIpc) is 3.47. The zero-order chi connectivity index (χ0) is 18.7. The molecule has 2 aromatic rings. The van der Waals surface area contributed by atoms with Crippen molar-refractivity contribution >= 4 is 17.2 Å². The van der Waals surface area contributed by atoms with Crippen LogP contribution in [0.4, 0.5) is 0 Å². The quantitative estimate of drug-likeness (QED) is 0.823. The molecule has 0 unspecified atom stereocenters. The Balaban J connectivity index is 1.65. The minimum atomic E-state index is -0.390. The lowest BCUT2D eigenvalue weighted by molar-refractivity contribution is -0.133. The molecule has 4 rings (SSSR count). The Morgan fingerprint density at radius 2 is 2.22 bits per heavy atom. The van der Waals surface area contributed by atoms with E-state index in [-0.39, 0.29) is 11.4 Å². The Morgan fingerprint density at radius 1 is 1.37 bits per heavy atom. The zero-order valence-corrected chi connectivity index (χ0v) is 16.7. The van der Waals surface area contributed by atoms with Gasteiger partial charge in [-0.15, -0.1) is 16.4 Å². The molecule has 8 heteroatoms. The number of likely N-dealkylation sites (tertiary alicyclic amines) is 1. The van der Waals surface area contributed by atoms with E-state index in [1.807, 2.05) is 16.5 Å². The van der Waals surface area contributed by atoms with Crippen LogP contribution in [0.25, 0.3) is 0 Å². The van der Waals surface area contributed by atoms with Crippen molar-refractivity contribution in [3.63, 3.8) is 0 Å². The van der Waals surface area contributed by atoms with Gasteiger partial charge < -0.3 is 4.90 Å².